The minimum atomic E-state index is -0.385. The summed E-state index contributed by atoms with van der Waals surface area (Å²) in [4.78, 5) is 16.9. The number of carbonyl (C=O) groups excluding carboxylic acids is 1. The molecule has 2 N–H and O–H groups in total. The van der Waals surface area contributed by atoms with Crippen LogP contribution in [0.3, 0.4) is 0 Å². The first-order chi connectivity index (χ1) is 12.2. The first-order valence-corrected chi connectivity index (χ1v) is 8.26. The number of ether oxygens (including phenoxy) is 1. The van der Waals surface area contributed by atoms with Gasteiger partial charge >= 0.3 is 0 Å². The van der Waals surface area contributed by atoms with Crippen LogP contribution in [0.5, 0.6) is 11.5 Å². The number of rotatable bonds is 5. The van der Waals surface area contributed by atoms with Gasteiger partial charge in [0.05, 0.1) is 18.9 Å². The number of aromatic nitrogens is 1. The summed E-state index contributed by atoms with van der Waals surface area (Å²) < 4.78 is 5.15. The maximum Gasteiger partial charge on any atom is 0.272 e. The lowest BCUT2D eigenvalue weighted by atomic mass is 10.1. The van der Waals surface area contributed by atoms with Gasteiger partial charge in [0.2, 0.25) is 0 Å². The van der Waals surface area contributed by atoms with Gasteiger partial charge in [-0.3, -0.25) is 9.78 Å². The van der Waals surface area contributed by atoms with Crippen molar-refractivity contribution in [3.05, 3.63) is 65.3 Å². The Labute approximate surface area is 148 Å². The van der Waals surface area contributed by atoms with Crippen LogP contribution in [0.1, 0.15) is 15.9 Å². The molecule has 0 bridgehead atoms. The lowest BCUT2D eigenvalue weighted by molar-refractivity contribution is 0.0954. The van der Waals surface area contributed by atoms with Crippen molar-refractivity contribution < 1.29 is 14.6 Å². The summed E-state index contributed by atoms with van der Waals surface area (Å²) in [5, 5.41) is 16.3. The molecular formula is C18H15N3O3S. The van der Waals surface area contributed by atoms with Crippen molar-refractivity contribution >= 4 is 23.5 Å². The van der Waals surface area contributed by atoms with E-state index in [4.69, 9.17) is 4.74 Å². The van der Waals surface area contributed by atoms with Crippen molar-refractivity contribution in [2.45, 2.75) is 0 Å². The first-order valence-electron chi connectivity index (χ1n) is 7.38. The van der Waals surface area contributed by atoms with E-state index in [1.165, 1.54) is 30.9 Å². The summed E-state index contributed by atoms with van der Waals surface area (Å²) in [5.41, 5.74) is 4.09. The van der Waals surface area contributed by atoms with Gasteiger partial charge in [0.25, 0.3) is 5.91 Å². The van der Waals surface area contributed by atoms with Gasteiger partial charge < -0.3 is 9.84 Å². The molecule has 6 nitrogen and oxygen atoms in total. The number of hydrogen-bond acceptors (Lipinski definition) is 6. The van der Waals surface area contributed by atoms with Gasteiger partial charge in [-0.1, -0.05) is 6.07 Å². The van der Waals surface area contributed by atoms with E-state index >= 15 is 0 Å². The number of carbonyl (C=O) groups is 1. The van der Waals surface area contributed by atoms with E-state index in [2.05, 4.69) is 15.5 Å². The number of nitrogens with zero attached hydrogens (tertiary/aromatic N) is 2. The second-order valence-corrected chi connectivity index (χ2v) is 5.94. The van der Waals surface area contributed by atoms with Crippen molar-refractivity contribution in [3.8, 4) is 21.9 Å². The van der Waals surface area contributed by atoms with E-state index in [0.717, 1.165) is 10.4 Å². The molecule has 0 aliphatic heterocycles. The van der Waals surface area contributed by atoms with E-state index in [1.807, 2.05) is 23.6 Å². The van der Waals surface area contributed by atoms with Crippen molar-refractivity contribution in [2.75, 3.05) is 7.11 Å². The van der Waals surface area contributed by atoms with Gasteiger partial charge in [-0.15, -0.1) is 11.3 Å². The summed E-state index contributed by atoms with van der Waals surface area (Å²) in [5.74, 6) is -0.0856. The van der Waals surface area contributed by atoms with Gasteiger partial charge in [-0.2, -0.15) is 5.10 Å². The van der Waals surface area contributed by atoms with Crippen LogP contribution in [-0.2, 0) is 0 Å². The van der Waals surface area contributed by atoms with E-state index in [1.54, 1.807) is 24.4 Å². The molecule has 1 aromatic carbocycles. The standard InChI is InChI=1S/C18H15N3O3S/c1-24-15-7-6-13(16-5-3-9-25-16)14(17(15)22)11-20-21-18(23)12-4-2-8-19-10-12/h2-11,22H,1H3,(H,21,23)/b20-11+. The minimum absolute atomic E-state index is 0.0345. The van der Waals surface area contributed by atoms with E-state index < -0.39 is 0 Å². The summed E-state index contributed by atoms with van der Waals surface area (Å²) >= 11 is 1.54. The fourth-order valence-corrected chi connectivity index (χ4v) is 3.01. The van der Waals surface area contributed by atoms with Crippen LogP contribution in [-0.4, -0.2) is 29.3 Å². The molecule has 0 aliphatic carbocycles. The Bertz CT molecular complexity index is 893. The highest BCUT2D eigenvalue weighted by Crippen LogP contribution is 2.37. The maximum atomic E-state index is 12.0. The van der Waals surface area contributed by atoms with Crippen LogP contribution < -0.4 is 10.2 Å². The number of pyridine rings is 1. The number of phenols is 1. The zero-order valence-corrected chi connectivity index (χ0v) is 14.2. The number of amides is 1. The largest absolute Gasteiger partial charge is 0.504 e. The van der Waals surface area contributed by atoms with Crippen LogP contribution in [0, 0.1) is 0 Å². The SMILES string of the molecule is COc1ccc(-c2cccs2)c(/C=N/NC(=O)c2cccnc2)c1O. The van der Waals surface area contributed by atoms with E-state index in [-0.39, 0.29) is 11.7 Å². The summed E-state index contributed by atoms with van der Waals surface area (Å²) in [6.07, 6.45) is 4.44. The Morgan fingerprint density at radius 1 is 1.32 bits per heavy atom. The third-order valence-corrected chi connectivity index (χ3v) is 4.37. The number of hydrogen-bond donors (Lipinski definition) is 2. The average molecular weight is 353 g/mol. The molecule has 3 rings (SSSR count). The zero-order valence-electron chi connectivity index (χ0n) is 13.3. The number of benzene rings is 1. The second-order valence-electron chi connectivity index (χ2n) is 5.00. The van der Waals surface area contributed by atoms with Crippen molar-refractivity contribution in [1.29, 1.82) is 0 Å². The molecule has 25 heavy (non-hydrogen) atoms. The van der Waals surface area contributed by atoms with Crippen LogP contribution in [0.2, 0.25) is 0 Å². The molecule has 2 heterocycles. The molecule has 0 spiro atoms. The number of thiophene rings is 1. The number of phenolic OH excluding ortho intramolecular Hbond substituents is 1. The lowest BCUT2D eigenvalue weighted by Crippen LogP contribution is -2.17. The molecule has 2 aromatic heterocycles. The van der Waals surface area contributed by atoms with E-state index in [0.29, 0.717) is 16.9 Å². The highest BCUT2D eigenvalue weighted by atomic mass is 32.1. The molecule has 0 fully saturated rings. The molecule has 126 valence electrons. The molecule has 0 saturated heterocycles. The fourth-order valence-electron chi connectivity index (χ4n) is 2.25. The van der Waals surface area contributed by atoms with Crippen LogP contribution in [0.15, 0.2) is 59.3 Å². The first kappa shape index (κ1) is 16.7. The Hall–Kier alpha value is -3.19. The van der Waals surface area contributed by atoms with Gasteiger partial charge in [-0.25, -0.2) is 5.43 Å². The predicted octanol–water partition coefficient (Wildman–Crippen LogP) is 3.29. The minimum Gasteiger partial charge on any atom is -0.504 e. The molecule has 0 unspecified atom stereocenters. The third kappa shape index (κ3) is 3.67. The fraction of sp³-hybridized carbons (Fsp3) is 0.0556. The molecule has 3 aromatic rings. The summed E-state index contributed by atoms with van der Waals surface area (Å²) in [6.45, 7) is 0. The Morgan fingerprint density at radius 3 is 2.88 bits per heavy atom. The number of hydrazone groups is 1. The maximum absolute atomic E-state index is 12.0. The number of aromatic hydroxyl groups is 1. The molecule has 0 aliphatic rings. The van der Waals surface area contributed by atoms with Crippen LogP contribution >= 0.6 is 11.3 Å². The van der Waals surface area contributed by atoms with Crippen LogP contribution in [0.25, 0.3) is 10.4 Å². The van der Waals surface area contributed by atoms with Crippen molar-refractivity contribution in [2.24, 2.45) is 5.10 Å². The van der Waals surface area contributed by atoms with Crippen molar-refractivity contribution in [1.82, 2.24) is 10.4 Å². The Kier molecular flexibility index (Phi) is 5.06. The van der Waals surface area contributed by atoms with Crippen molar-refractivity contribution in [3.63, 3.8) is 0 Å². The summed E-state index contributed by atoms with van der Waals surface area (Å²) in [6, 6.07) is 10.7. The highest BCUT2D eigenvalue weighted by molar-refractivity contribution is 7.13. The lowest BCUT2D eigenvalue weighted by Gasteiger charge is -2.10. The molecular weight excluding hydrogens is 338 g/mol. The van der Waals surface area contributed by atoms with Gasteiger partial charge in [0, 0.05) is 28.4 Å². The normalized spacial score (nSPS) is 10.8. The molecule has 1 amide bonds. The van der Waals surface area contributed by atoms with Gasteiger partial charge in [-0.05, 0) is 35.7 Å². The average Bonchev–Trinajstić information content (AvgIpc) is 3.18. The predicted molar refractivity (Wildman–Crippen MR) is 97.3 cm³/mol. The highest BCUT2D eigenvalue weighted by Gasteiger charge is 2.14. The van der Waals surface area contributed by atoms with Gasteiger partial charge in [0.15, 0.2) is 11.5 Å². The summed E-state index contributed by atoms with van der Waals surface area (Å²) in [7, 11) is 1.48. The Morgan fingerprint density at radius 2 is 2.20 bits per heavy atom. The molecule has 0 radical (unpaired) electrons. The molecule has 0 atom stereocenters. The van der Waals surface area contributed by atoms with E-state index in [9.17, 15) is 9.90 Å². The number of methoxy groups -OCH3 is 1. The monoisotopic (exact) mass is 353 g/mol. The smallest absolute Gasteiger partial charge is 0.272 e. The molecule has 7 heteroatoms. The van der Waals surface area contributed by atoms with Crippen LogP contribution in [0.4, 0.5) is 0 Å². The third-order valence-electron chi connectivity index (χ3n) is 3.47. The number of nitrogens with one attached hydrogen (secondary N) is 1. The topological polar surface area (TPSA) is 83.8 Å². The van der Waals surface area contributed by atoms with Gasteiger partial charge in [0.1, 0.15) is 0 Å². The zero-order chi connectivity index (χ0) is 17.6. The second kappa shape index (κ2) is 7.59. The Balaban J connectivity index is 1.89. The quantitative estimate of drug-likeness (QED) is 0.545. The molecule has 0 saturated carbocycles.